The highest BCUT2D eigenvalue weighted by molar-refractivity contribution is 7.53. The van der Waals surface area contributed by atoms with Crippen LogP contribution in [0, 0.1) is 0 Å². The smallest absolute Gasteiger partial charge is 0.328 e. The number of ether oxygens (including phenoxy) is 2. The number of hydrogen-bond acceptors (Lipinski definition) is 10. The summed E-state index contributed by atoms with van der Waals surface area (Å²) in [4.78, 5) is 14.0. The molecule has 0 aromatic carbocycles. The molecule has 0 spiro atoms. The summed E-state index contributed by atoms with van der Waals surface area (Å²) < 4.78 is 49.1. The van der Waals surface area contributed by atoms with E-state index >= 15 is 4.39 Å². The van der Waals surface area contributed by atoms with Gasteiger partial charge >= 0.3 is 7.60 Å². The SMILES string of the molecule is COC1=NC(N)=NC2C1N=CN2C1O[C@@H]2COP(C)(=O)O[C@H]2[C@@]1(C)F. The van der Waals surface area contributed by atoms with Gasteiger partial charge in [0.05, 0.1) is 20.1 Å². The summed E-state index contributed by atoms with van der Waals surface area (Å²) in [5.41, 5.74) is 3.76. The summed E-state index contributed by atoms with van der Waals surface area (Å²) >= 11 is 0. The van der Waals surface area contributed by atoms with E-state index in [0.29, 0.717) is 5.90 Å². The predicted molar refractivity (Wildman–Crippen MR) is 86.5 cm³/mol. The van der Waals surface area contributed by atoms with Gasteiger partial charge in [-0.2, -0.15) is 4.99 Å². The lowest BCUT2D eigenvalue weighted by Crippen LogP contribution is -2.55. The first-order valence-corrected chi connectivity index (χ1v) is 9.73. The molecule has 0 radical (unpaired) electrons. The fourth-order valence-electron chi connectivity index (χ4n) is 3.47. The predicted octanol–water partition coefficient (Wildman–Crippen LogP) is 0.0896. The van der Waals surface area contributed by atoms with Gasteiger partial charge in [-0.1, -0.05) is 0 Å². The average Bonchev–Trinajstić information content (AvgIpc) is 3.05. The van der Waals surface area contributed by atoms with Crippen molar-refractivity contribution in [3.63, 3.8) is 0 Å². The Morgan fingerprint density at radius 2 is 2.32 bits per heavy atom. The normalized spacial score (nSPS) is 48.6. The molecule has 138 valence electrons. The lowest BCUT2D eigenvalue weighted by molar-refractivity contribution is -0.0849. The van der Waals surface area contributed by atoms with Crippen molar-refractivity contribution in [2.45, 2.75) is 43.2 Å². The van der Waals surface area contributed by atoms with E-state index in [1.807, 2.05) is 0 Å². The summed E-state index contributed by atoms with van der Waals surface area (Å²) in [6.45, 7) is 2.65. The van der Waals surface area contributed by atoms with Crippen LogP contribution in [0.1, 0.15) is 6.92 Å². The Hall–Kier alpha value is -1.55. The molecule has 0 aromatic rings. The van der Waals surface area contributed by atoms with Crippen LogP contribution in [0.15, 0.2) is 15.0 Å². The standard InChI is InChI=1S/C13H19FN5O5P/c1-13(14)8-6(4-22-25(3,20)24-8)23-11(13)19-5-16-7-9(19)17-12(15)18-10(7)21-2/h5-9,11H,4H2,1-3H3,(H2,15,17)/t6-,7?,8-,9?,11?,13-,25?/m1/s1. The van der Waals surface area contributed by atoms with Gasteiger partial charge in [0.1, 0.15) is 12.2 Å². The summed E-state index contributed by atoms with van der Waals surface area (Å²) in [6, 6.07) is -0.534. The minimum Gasteiger partial charge on any atom is -0.482 e. The summed E-state index contributed by atoms with van der Waals surface area (Å²) in [7, 11) is -1.85. The molecule has 4 unspecified atom stereocenters. The molecular formula is C13H19FN5O5P. The van der Waals surface area contributed by atoms with Crippen molar-refractivity contribution in [3.05, 3.63) is 0 Å². The summed E-state index contributed by atoms with van der Waals surface area (Å²) in [6.07, 6.45) is -1.96. The first-order valence-electron chi connectivity index (χ1n) is 7.74. The molecule has 4 heterocycles. The maximum Gasteiger partial charge on any atom is 0.328 e. The molecule has 12 heteroatoms. The van der Waals surface area contributed by atoms with Crippen LogP contribution in [0.2, 0.25) is 0 Å². The van der Waals surface area contributed by atoms with Gasteiger partial charge in [0.15, 0.2) is 24.1 Å². The van der Waals surface area contributed by atoms with E-state index in [2.05, 4.69) is 15.0 Å². The Labute approximate surface area is 143 Å². The number of hydrogen-bond donors (Lipinski definition) is 1. The van der Waals surface area contributed by atoms with Crippen molar-refractivity contribution >= 4 is 25.8 Å². The first kappa shape index (κ1) is 16.9. The van der Waals surface area contributed by atoms with Crippen molar-refractivity contribution in [2.75, 3.05) is 20.4 Å². The van der Waals surface area contributed by atoms with E-state index in [4.69, 9.17) is 24.3 Å². The average molecular weight is 375 g/mol. The number of methoxy groups -OCH3 is 1. The first-order chi connectivity index (χ1) is 11.7. The number of nitrogens with zero attached hydrogens (tertiary/aromatic N) is 4. The largest absolute Gasteiger partial charge is 0.482 e. The number of nitrogens with two attached hydrogens (primary N) is 1. The van der Waals surface area contributed by atoms with Crippen LogP contribution in [-0.4, -0.2) is 79.8 Å². The molecule has 2 fully saturated rings. The molecule has 2 saturated heterocycles. The Kier molecular flexibility index (Phi) is 3.70. The summed E-state index contributed by atoms with van der Waals surface area (Å²) in [5.74, 6) is 0.312. The lowest BCUT2D eigenvalue weighted by Gasteiger charge is -2.36. The molecule has 25 heavy (non-hydrogen) atoms. The molecule has 0 amide bonds. The third-order valence-electron chi connectivity index (χ3n) is 4.63. The fraction of sp³-hybridized carbons (Fsp3) is 0.769. The highest BCUT2D eigenvalue weighted by Crippen LogP contribution is 2.55. The van der Waals surface area contributed by atoms with Gasteiger partial charge in [0.2, 0.25) is 11.9 Å². The van der Waals surface area contributed by atoms with Gasteiger partial charge in [-0.25, -0.2) is 9.38 Å². The van der Waals surface area contributed by atoms with Gasteiger partial charge in [-0.15, -0.1) is 0 Å². The second-order valence-electron chi connectivity index (χ2n) is 6.48. The van der Waals surface area contributed by atoms with Crippen molar-refractivity contribution in [3.8, 4) is 0 Å². The summed E-state index contributed by atoms with van der Waals surface area (Å²) in [5, 5.41) is 0. The zero-order valence-electron chi connectivity index (χ0n) is 13.9. The number of rotatable bonds is 1. The Morgan fingerprint density at radius 3 is 3.04 bits per heavy atom. The third kappa shape index (κ3) is 2.57. The minimum atomic E-state index is -3.31. The molecule has 4 rings (SSSR count). The molecule has 0 saturated carbocycles. The van der Waals surface area contributed by atoms with Crippen LogP contribution in [0.4, 0.5) is 4.39 Å². The molecule has 7 atom stereocenters. The molecule has 4 aliphatic rings. The van der Waals surface area contributed by atoms with E-state index < -0.39 is 43.9 Å². The van der Waals surface area contributed by atoms with E-state index in [1.54, 1.807) is 0 Å². The van der Waals surface area contributed by atoms with Gasteiger partial charge < -0.3 is 24.6 Å². The van der Waals surface area contributed by atoms with E-state index in [9.17, 15) is 4.57 Å². The van der Waals surface area contributed by atoms with Gasteiger partial charge in [-0.05, 0) is 6.92 Å². The number of guanidine groups is 1. The van der Waals surface area contributed by atoms with E-state index in [0.717, 1.165) is 0 Å². The topological polar surface area (TPSA) is 120 Å². The Morgan fingerprint density at radius 1 is 1.56 bits per heavy atom. The van der Waals surface area contributed by atoms with Crippen LogP contribution >= 0.6 is 7.60 Å². The number of aliphatic imine (C=N–C) groups is 3. The van der Waals surface area contributed by atoms with Crippen molar-refractivity contribution < 1.29 is 27.5 Å². The number of alkyl halides is 1. The van der Waals surface area contributed by atoms with Crippen LogP contribution in [-0.2, 0) is 23.1 Å². The highest BCUT2D eigenvalue weighted by atomic mass is 31.2. The Balaban J connectivity index is 1.62. The van der Waals surface area contributed by atoms with Crippen molar-refractivity contribution in [1.82, 2.24) is 4.90 Å². The molecule has 2 N–H and O–H groups in total. The van der Waals surface area contributed by atoms with Gasteiger partial charge in [0, 0.05) is 6.66 Å². The van der Waals surface area contributed by atoms with E-state index in [-0.39, 0.29) is 12.6 Å². The molecule has 10 nitrogen and oxygen atoms in total. The Bertz CT molecular complexity index is 728. The molecule has 4 aliphatic heterocycles. The molecule has 0 bridgehead atoms. The second-order valence-corrected chi connectivity index (χ2v) is 8.49. The number of fused-ring (bicyclic) bond motifs is 2. The van der Waals surface area contributed by atoms with Crippen LogP contribution in [0.3, 0.4) is 0 Å². The monoisotopic (exact) mass is 375 g/mol. The zero-order chi connectivity index (χ0) is 18.0. The quantitative estimate of drug-likeness (QED) is 0.645. The lowest BCUT2D eigenvalue weighted by atomic mass is 9.97. The second kappa shape index (κ2) is 5.47. The maximum atomic E-state index is 15.6. The van der Waals surface area contributed by atoms with Gasteiger partial charge in [-0.3, -0.25) is 14.1 Å². The zero-order valence-corrected chi connectivity index (χ0v) is 14.8. The maximum absolute atomic E-state index is 15.6. The van der Waals surface area contributed by atoms with Crippen LogP contribution in [0.25, 0.3) is 0 Å². The molecule has 0 aliphatic carbocycles. The van der Waals surface area contributed by atoms with Crippen LogP contribution < -0.4 is 5.73 Å². The minimum absolute atomic E-state index is 0.0102. The van der Waals surface area contributed by atoms with Crippen molar-refractivity contribution in [2.24, 2.45) is 20.7 Å². The third-order valence-corrected chi connectivity index (χ3v) is 5.86. The fourth-order valence-corrected chi connectivity index (χ4v) is 4.71. The highest BCUT2D eigenvalue weighted by Gasteiger charge is 2.62. The molecular weight excluding hydrogens is 356 g/mol. The van der Waals surface area contributed by atoms with Crippen LogP contribution in [0.5, 0.6) is 0 Å². The molecule has 0 aromatic heterocycles. The van der Waals surface area contributed by atoms with Crippen molar-refractivity contribution in [1.29, 1.82) is 0 Å². The number of halogens is 1. The van der Waals surface area contributed by atoms with Gasteiger partial charge in [0.25, 0.3) is 0 Å². The van der Waals surface area contributed by atoms with E-state index in [1.165, 1.54) is 31.9 Å².